The SMILES string of the molecule is CC(C)C[C@H](N)C(=O)NS(=O)(=O)c1cccc(NC(=O)c2ccco2)c1. The summed E-state index contributed by atoms with van der Waals surface area (Å²) in [5.74, 6) is -1.05. The Labute approximate surface area is 151 Å². The van der Waals surface area contributed by atoms with Crippen LogP contribution >= 0.6 is 0 Å². The van der Waals surface area contributed by atoms with Crippen molar-refractivity contribution in [3.05, 3.63) is 48.4 Å². The quantitative estimate of drug-likeness (QED) is 0.671. The van der Waals surface area contributed by atoms with E-state index in [4.69, 9.17) is 10.2 Å². The number of carbonyl (C=O) groups excluding carboxylic acids is 2. The molecule has 0 aliphatic heterocycles. The number of benzene rings is 1. The molecule has 1 aromatic carbocycles. The minimum atomic E-state index is -4.11. The molecule has 0 bridgehead atoms. The average Bonchev–Trinajstić information content (AvgIpc) is 3.08. The molecule has 0 aliphatic rings. The Bertz CT molecular complexity index is 876. The molecule has 0 aliphatic carbocycles. The van der Waals surface area contributed by atoms with Crippen molar-refractivity contribution in [1.29, 1.82) is 0 Å². The van der Waals surface area contributed by atoms with E-state index in [2.05, 4.69) is 5.32 Å². The van der Waals surface area contributed by atoms with Gasteiger partial charge in [-0.05, 0) is 42.7 Å². The Hall–Kier alpha value is -2.65. The summed E-state index contributed by atoms with van der Waals surface area (Å²) >= 11 is 0. The molecule has 4 N–H and O–H groups in total. The van der Waals surface area contributed by atoms with E-state index in [1.54, 1.807) is 6.07 Å². The highest BCUT2D eigenvalue weighted by molar-refractivity contribution is 7.90. The van der Waals surface area contributed by atoms with Crippen LogP contribution < -0.4 is 15.8 Å². The van der Waals surface area contributed by atoms with E-state index in [0.717, 1.165) is 0 Å². The molecule has 1 heterocycles. The third kappa shape index (κ3) is 5.17. The highest BCUT2D eigenvalue weighted by atomic mass is 32.2. The van der Waals surface area contributed by atoms with Gasteiger partial charge in [0, 0.05) is 5.69 Å². The molecule has 0 spiro atoms. The van der Waals surface area contributed by atoms with Crippen LogP contribution in [0.25, 0.3) is 0 Å². The van der Waals surface area contributed by atoms with Gasteiger partial charge in [0.15, 0.2) is 5.76 Å². The van der Waals surface area contributed by atoms with Crippen LogP contribution in [0.15, 0.2) is 52.0 Å². The lowest BCUT2D eigenvalue weighted by Gasteiger charge is -2.14. The van der Waals surface area contributed by atoms with Crippen molar-refractivity contribution >= 4 is 27.5 Å². The summed E-state index contributed by atoms with van der Waals surface area (Å²) in [5.41, 5.74) is 5.95. The Morgan fingerprint density at radius 2 is 1.92 bits per heavy atom. The third-order valence-corrected chi connectivity index (χ3v) is 4.79. The van der Waals surface area contributed by atoms with E-state index in [1.165, 1.54) is 36.6 Å². The summed E-state index contributed by atoms with van der Waals surface area (Å²) < 4.78 is 31.7. The van der Waals surface area contributed by atoms with Crippen molar-refractivity contribution in [3.63, 3.8) is 0 Å². The number of nitrogens with one attached hydrogen (secondary N) is 2. The largest absolute Gasteiger partial charge is 0.459 e. The van der Waals surface area contributed by atoms with E-state index in [9.17, 15) is 18.0 Å². The van der Waals surface area contributed by atoms with Crippen molar-refractivity contribution in [2.24, 2.45) is 11.7 Å². The van der Waals surface area contributed by atoms with Gasteiger partial charge >= 0.3 is 0 Å². The number of carbonyl (C=O) groups is 2. The normalized spacial score (nSPS) is 12.6. The molecule has 2 rings (SSSR count). The van der Waals surface area contributed by atoms with Gasteiger partial charge in [0.05, 0.1) is 17.2 Å². The van der Waals surface area contributed by atoms with E-state index in [1.807, 2.05) is 18.6 Å². The molecule has 9 heteroatoms. The van der Waals surface area contributed by atoms with Gasteiger partial charge in [0.1, 0.15) is 0 Å². The number of rotatable bonds is 7. The molecule has 8 nitrogen and oxygen atoms in total. The number of sulfonamides is 1. The summed E-state index contributed by atoms with van der Waals surface area (Å²) in [6.07, 6.45) is 1.71. The summed E-state index contributed by atoms with van der Waals surface area (Å²) in [6.45, 7) is 3.76. The Balaban J connectivity index is 2.12. The first kappa shape index (κ1) is 19.7. The van der Waals surface area contributed by atoms with Crippen LogP contribution in [0.4, 0.5) is 5.69 Å². The van der Waals surface area contributed by atoms with E-state index >= 15 is 0 Å². The van der Waals surface area contributed by atoms with E-state index in [-0.39, 0.29) is 22.3 Å². The molecule has 2 amide bonds. The molecule has 1 atom stereocenters. The third-order valence-electron chi connectivity index (χ3n) is 3.44. The maximum atomic E-state index is 12.4. The first-order chi connectivity index (χ1) is 12.2. The van der Waals surface area contributed by atoms with Crippen LogP contribution in [0.5, 0.6) is 0 Å². The average molecular weight is 379 g/mol. The van der Waals surface area contributed by atoms with Gasteiger partial charge in [-0.2, -0.15) is 0 Å². The van der Waals surface area contributed by atoms with Gasteiger partial charge in [0.2, 0.25) is 0 Å². The van der Waals surface area contributed by atoms with Gasteiger partial charge in [-0.1, -0.05) is 19.9 Å². The predicted octanol–water partition coefficient (Wildman–Crippen LogP) is 1.71. The van der Waals surface area contributed by atoms with Crippen molar-refractivity contribution in [2.75, 3.05) is 5.32 Å². The fourth-order valence-electron chi connectivity index (χ4n) is 2.22. The fourth-order valence-corrected chi connectivity index (χ4v) is 3.30. The van der Waals surface area contributed by atoms with Crippen LogP contribution in [0.1, 0.15) is 30.8 Å². The monoisotopic (exact) mass is 379 g/mol. The van der Waals surface area contributed by atoms with Gasteiger partial charge in [-0.25, -0.2) is 13.1 Å². The summed E-state index contributed by atoms with van der Waals surface area (Å²) in [6, 6.07) is 7.64. The number of hydrogen-bond acceptors (Lipinski definition) is 6. The van der Waals surface area contributed by atoms with Crippen molar-refractivity contribution in [2.45, 2.75) is 31.2 Å². The molecule has 2 aromatic rings. The lowest BCUT2D eigenvalue weighted by molar-refractivity contribution is -0.120. The second kappa shape index (κ2) is 8.15. The molecule has 0 unspecified atom stereocenters. The van der Waals surface area contributed by atoms with Crippen LogP contribution in [0.2, 0.25) is 0 Å². The number of hydrogen-bond donors (Lipinski definition) is 3. The molecule has 26 heavy (non-hydrogen) atoms. The van der Waals surface area contributed by atoms with Crippen molar-refractivity contribution in [3.8, 4) is 0 Å². The number of anilines is 1. The Morgan fingerprint density at radius 3 is 2.54 bits per heavy atom. The fraction of sp³-hybridized carbons (Fsp3) is 0.294. The molecule has 0 radical (unpaired) electrons. The standard InChI is InChI=1S/C17H21N3O5S/c1-11(2)9-14(18)16(21)20-26(23,24)13-6-3-5-12(10-13)19-17(22)15-7-4-8-25-15/h3-8,10-11,14H,9,18H2,1-2H3,(H,19,22)(H,20,21)/t14-/m0/s1. The highest BCUT2D eigenvalue weighted by Crippen LogP contribution is 2.17. The minimum absolute atomic E-state index is 0.0891. The smallest absolute Gasteiger partial charge is 0.291 e. The molecule has 140 valence electrons. The van der Waals surface area contributed by atoms with Crippen molar-refractivity contribution < 1.29 is 22.4 Å². The zero-order chi connectivity index (χ0) is 19.3. The maximum Gasteiger partial charge on any atom is 0.291 e. The minimum Gasteiger partial charge on any atom is -0.459 e. The van der Waals surface area contributed by atoms with Gasteiger partial charge in [-0.3, -0.25) is 9.59 Å². The summed E-state index contributed by atoms with van der Waals surface area (Å²) in [5, 5.41) is 2.52. The van der Waals surface area contributed by atoms with Gasteiger partial charge in [-0.15, -0.1) is 0 Å². The number of amides is 2. The molecule has 1 aromatic heterocycles. The van der Waals surface area contributed by atoms with Crippen molar-refractivity contribution in [1.82, 2.24) is 4.72 Å². The Morgan fingerprint density at radius 1 is 1.19 bits per heavy atom. The molecule has 0 fully saturated rings. The van der Waals surface area contributed by atoms with E-state index < -0.39 is 27.9 Å². The van der Waals surface area contributed by atoms with Crippen LogP contribution in [0, 0.1) is 5.92 Å². The van der Waals surface area contributed by atoms with Crippen LogP contribution in [0.3, 0.4) is 0 Å². The number of nitrogens with two attached hydrogens (primary N) is 1. The maximum absolute atomic E-state index is 12.4. The molecular formula is C17H21N3O5S. The van der Waals surface area contributed by atoms with Gasteiger partial charge in [0.25, 0.3) is 21.8 Å². The molecule has 0 saturated carbocycles. The van der Waals surface area contributed by atoms with Crippen LogP contribution in [-0.2, 0) is 14.8 Å². The first-order valence-corrected chi connectivity index (χ1v) is 9.44. The second-order valence-electron chi connectivity index (χ2n) is 6.17. The zero-order valence-corrected chi connectivity index (χ0v) is 15.2. The second-order valence-corrected chi connectivity index (χ2v) is 7.85. The van der Waals surface area contributed by atoms with Gasteiger partial charge < -0.3 is 15.5 Å². The first-order valence-electron chi connectivity index (χ1n) is 7.96. The highest BCUT2D eigenvalue weighted by Gasteiger charge is 2.23. The molecule has 0 saturated heterocycles. The number of furan rings is 1. The zero-order valence-electron chi connectivity index (χ0n) is 14.4. The summed E-state index contributed by atoms with van der Waals surface area (Å²) in [7, 11) is -4.11. The van der Waals surface area contributed by atoms with E-state index in [0.29, 0.717) is 6.42 Å². The summed E-state index contributed by atoms with van der Waals surface area (Å²) in [4.78, 5) is 23.8. The topological polar surface area (TPSA) is 132 Å². The Kier molecular flexibility index (Phi) is 6.17. The lowest BCUT2D eigenvalue weighted by Crippen LogP contribution is -2.43. The predicted molar refractivity (Wildman–Crippen MR) is 95.9 cm³/mol. The molecular weight excluding hydrogens is 358 g/mol. The van der Waals surface area contributed by atoms with Crippen LogP contribution in [-0.4, -0.2) is 26.3 Å². The lowest BCUT2D eigenvalue weighted by atomic mass is 10.0.